The lowest BCUT2D eigenvalue weighted by atomic mass is 10.2. The summed E-state index contributed by atoms with van der Waals surface area (Å²) in [5.74, 6) is 0.301. The zero-order valence-corrected chi connectivity index (χ0v) is 12.5. The number of halogens is 1. The normalized spacial score (nSPS) is 10.4. The van der Waals surface area contributed by atoms with E-state index in [0.717, 1.165) is 15.6 Å². The summed E-state index contributed by atoms with van der Waals surface area (Å²) in [7, 11) is 1.61. The topological polar surface area (TPSA) is 68.0 Å². The third-order valence-electron chi connectivity index (χ3n) is 2.36. The minimum absolute atomic E-state index is 0.0354. The molecule has 1 amide bonds. The molecule has 0 aliphatic heterocycles. The number of rotatable bonds is 4. The SMILES string of the molecule is CNC(=O)CSc1nc(-c2ccc(Cl)cc2)c(N)s1. The number of thiazole rings is 1. The molecule has 1 aromatic heterocycles. The fraction of sp³-hybridized carbons (Fsp3) is 0.167. The molecular weight excluding hydrogens is 302 g/mol. The molecule has 100 valence electrons. The standard InChI is InChI=1S/C12H12ClN3OS2/c1-15-9(17)6-18-12-16-10(11(14)19-12)7-2-4-8(13)5-3-7/h2-5H,6,14H2,1H3,(H,15,17). The summed E-state index contributed by atoms with van der Waals surface area (Å²) < 4.78 is 0.783. The third-order valence-corrected chi connectivity index (χ3v) is 4.64. The van der Waals surface area contributed by atoms with Crippen LogP contribution in [-0.4, -0.2) is 23.7 Å². The lowest BCUT2D eigenvalue weighted by Crippen LogP contribution is -2.19. The van der Waals surface area contributed by atoms with Crippen molar-refractivity contribution >= 4 is 45.6 Å². The number of aromatic nitrogens is 1. The van der Waals surface area contributed by atoms with Crippen molar-refractivity contribution in [3.8, 4) is 11.3 Å². The van der Waals surface area contributed by atoms with Crippen molar-refractivity contribution in [2.24, 2.45) is 0 Å². The van der Waals surface area contributed by atoms with Gasteiger partial charge in [0.25, 0.3) is 0 Å². The number of hydrogen-bond acceptors (Lipinski definition) is 5. The monoisotopic (exact) mass is 313 g/mol. The molecule has 19 heavy (non-hydrogen) atoms. The van der Waals surface area contributed by atoms with Crippen LogP contribution in [0.1, 0.15) is 0 Å². The van der Waals surface area contributed by atoms with Gasteiger partial charge in [0.05, 0.1) is 5.75 Å². The molecule has 2 aromatic rings. The van der Waals surface area contributed by atoms with Crippen LogP contribution in [0.2, 0.25) is 5.02 Å². The molecule has 2 rings (SSSR count). The Bertz CT molecular complexity index is 583. The molecule has 0 spiro atoms. The van der Waals surface area contributed by atoms with Gasteiger partial charge < -0.3 is 11.1 Å². The number of carbonyl (C=O) groups is 1. The van der Waals surface area contributed by atoms with E-state index in [9.17, 15) is 4.79 Å². The fourth-order valence-corrected chi connectivity index (χ4v) is 3.34. The predicted octanol–water partition coefficient (Wildman–Crippen LogP) is 2.88. The minimum atomic E-state index is -0.0354. The highest BCUT2D eigenvalue weighted by atomic mass is 35.5. The number of amides is 1. The van der Waals surface area contributed by atoms with Gasteiger partial charge in [-0.3, -0.25) is 4.79 Å². The Kier molecular flexibility index (Phi) is 4.68. The first kappa shape index (κ1) is 14.2. The van der Waals surface area contributed by atoms with Crippen LogP contribution in [0.25, 0.3) is 11.3 Å². The number of benzene rings is 1. The maximum atomic E-state index is 11.2. The Hall–Kier alpha value is -1.24. The van der Waals surface area contributed by atoms with Crippen LogP contribution in [-0.2, 0) is 4.79 Å². The lowest BCUT2D eigenvalue weighted by molar-refractivity contribution is -0.118. The van der Waals surface area contributed by atoms with Gasteiger partial charge in [-0.15, -0.1) is 0 Å². The average Bonchev–Trinajstić information content (AvgIpc) is 2.78. The number of nitrogens with two attached hydrogens (primary N) is 1. The van der Waals surface area contributed by atoms with Crippen LogP contribution in [0, 0.1) is 0 Å². The molecule has 0 atom stereocenters. The quantitative estimate of drug-likeness (QED) is 0.852. The van der Waals surface area contributed by atoms with E-state index in [4.69, 9.17) is 17.3 Å². The molecule has 3 N–H and O–H groups in total. The fourth-order valence-electron chi connectivity index (χ4n) is 1.39. The lowest BCUT2D eigenvalue weighted by Gasteiger charge is -1.98. The van der Waals surface area contributed by atoms with Gasteiger partial charge in [-0.2, -0.15) is 0 Å². The smallest absolute Gasteiger partial charge is 0.230 e. The highest BCUT2D eigenvalue weighted by Crippen LogP contribution is 2.35. The highest BCUT2D eigenvalue weighted by Gasteiger charge is 2.12. The summed E-state index contributed by atoms with van der Waals surface area (Å²) in [6.45, 7) is 0. The summed E-state index contributed by atoms with van der Waals surface area (Å²) in [5.41, 5.74) is 7.62. The molecule has 0 unspecified atom stereocenters. The second-order valence-electron chi connectivity index (χ2n) is 3.66. The van der Waals surface area contributed by atoms with Crippen molar-refractivity contribution in [1.29, 1.82) is 0 Å². The van der Waals surface area contributed by atoms with Gasteiger partial charge in [0.1, 0.15) is 10.7 Å². The van der Waals surface area contributed by atoms with E-state index in [0.29, 0.717) is 15.8 Å². The van der Waals surface area contributed by atoms with Crippen LogP contribution in [0.3, 0.4) is 0 Å². The Morgan fingerprint density at radius 2 is 2.16 bits per heavy atom. The van der Waals surface area contributed by atoms with Crippen LogP contribution in [0.15, 0.2) is 28.6 Å². The minimum Gasteiger partial charge on any atom is -0.389 e. The third kappa shape index (κ3) is 3.62. The number of nitrogen functional groups attached to an aromatic ring is 1. The number of nitrogens with one attached hydrogen (secondary N) is 1. The van der Waals surface area contributed by atoms with Crippen LogP contribution >= 0.6 is 34.7 Å². The van der Waals surface area contributed by atoms with E-state index in [1.165, 1.54) is 23.1 Å². The second kappa shape index (κ2) is 6.27. The van der Waals surface area contributed by atoms with E-state index in [2.05, 4.69) is 10.3 Å². The molecule has 0 bridgehead atoms. The number of carbonyl (C=O) groups excluding carboxylic acids is 1. The molecule has 4 nitrogen and oxygen atoms in total. The van der Waals surface area contributed by atoms with E-state index in [1.807, 2.05) is 12.1 Å². The average molecular weight is 314 g/mol. The summed E-state index contributed by atoms with van der Waals surface area (Å²) in [6, 6.07) is 7.35. The zero-order valence-electron chi connectivity index (χ0n) is 10.1. The van der Waals surface area contributed by atoms with Crippen molar-refractivity contribution in [3.05, 3.63) is 29.3 Å². The summed E-state index contributed by atoms with van der Waals surface area (Å²) in [4.78, 5) is 15.6. The van der Waals surface area contributed by atoms with Gasteiger partial charge in [0.2, 0.25) is 5.91 Å². The molecule has 1 aromatic carbocycles. The number of thioether (sulfide) groups is 1. The molecule has 0 radical (unpaired) electrons. The van der Waals surface area contributed by atoms with Crippen molar-refractivity contribution < 1.29 is 4.79 Å². The van der Waals surface area contributed by atoms with Crippen molar-refractivity contribution in [2.45, 2.75) is 4.34 Å². The van der Waals surface area contributed by atoms with Gasteiger partial charge in [0.15, 0.2) is 4.34 Å². The molecule has 0 saturated heterocycles. The molecule has 0 saturated carbocycles. The number of nitrogens with zero attached hydrogens (tertiary/aromatic N) is 1. The van der Waals surface area contributed by atoms with Gasteiger partial charge in [-0.05, 0) is 12.1 Å². The van der Waals surface area contributed by atoms with Gasteiger partial charge in [0, 0.05) is 17.6 Å². The molecule has 1 heterocycles. The Balaban J connectivity index is 2.16. The van der Waals surface area contributed by atoms with Crippen molar-refractivity contribution in [3.63, 3.8) is 0 Å². The second-order valence-corrected chi connectivity index (χ2v) is 6.35. The van der Waals surface area contributed by atoms with Crippen molar-refractivity contribution in [1.82, 2.24) is 10.3 Å². The number of anilines is 1. The number of hydrogen-bond donors (Lipinski definition) is 2. The van der Waals surface area contributed by atoms with Crippen LogP contribution in [0.4, 0.5) is 5.00 Å². The summed E-state index contributed by atoms with van der Waals surface area (Å²) in [5, 5.41) is 3.88. The van der Waals surface area contributed by atoms with Gasteiger partial charge in [-0.25, -0.2) is 4.98 Å². The van der Waals surface area contributed by atoms with E-state index < -0.39 is 0 Å². The highest BCUT2D eigenvalue weighted by molar-refractivity contribution is 8.01. The van der Waals surface area contributed by atoms with E-state index >= 15 is 0 Å². The Morgan fingerprint density at radius 1 is 1.47 bits per heavy atom. The first-order valence-corrected chi connectivity index (χ1v) is 7.64. The summed E-state index contributed by atoms with van der Waals surface area (Å²) in [6.07, 6.45) is 0. The predicted molar refractivity (Wildman–Crippen MR) is 81.8 cm³/mol. The van der Waals surface area contributed by atoms with Crippen molar-refractivity contribution in [2.75, 3.05) is 18.5 Å². The molecule has 0 aliphatic carbocycles. The van der Waals surface area contributed by atoms with Gasteiger partial charge in [-0.1, -0.05) is 46.8 Å². The van der Waals surface area contributed by atoms with E-state index in [1.54, 1.807) is 19.2 Å². The molecule has 0 fully saturated rings. The zero-order chi connectivity index (χ0) is 13.8. The first-order valence-electron chi connectivity index (χ1n) is 5.45. The Morgan fingerprint density at radius 3 is 2.79 bits per heavy atom. The van der Waals surface area contributed by atoms with Crippen LogP contribution < -0.4 is 11.1 Å². The maximum Gasteiger partial charge on any atom is 0.230 e. The molecular formula is C12H12ClN3OS2. The summed E-state index contributed by atoms with van der Waals surface area (Å²) >= 11 is 8.60. The molecule has 7 heteroatoms. The Labute approximate surface area is 124 Å². The molecule has 0 aliphatic rings. The largest absolute Gasteiger partial charge is 0.389 e. The maximum absolute atomic E-state index is 11.2. The van der Waals surface area contributed by atoms with Crippen LogP contribution in [0.5, 0.6) is 0 Å². The first-order chi connectivity index (χ1) is 9.10. The van der Waals surface area contributed by atoms with Gasteiger partial charge >= 0.3 is 0 Å². The van der Waals surface area contributed by atoms with E-state index in [-0.39, 0.29) is 5.91 Å².